The van der Waals surface area contributed by atoms with Gasteiger partial charge in [0.25, 0.3) is 5.91 Å². The lowest BCUT2D eigenvalue weighted by Crippen LogP contribution is -2.26. The van der Waals surface area contributed by atoms with Gasteiger partial charge in [0.2, 0.25) is 0 Å². The Kier molecular flexibility index (Phi) is 6.19. The van der Waals surface area contributed by atoms with Crippen LogP contribution in [-0.4, -0.2) is 23.7 Å². The summed E-state index contributed by atoms with van der Waals surface area (Å²) >= 11 is 5.86. The summed E-state index contributed by atoms with van der Waals surface area (Å²) < 4.78 is 5.69. The molecule has 0 saturated heterocycles. The number of aliphatic hydroxyl groups is 1. The van der Waals surface area contributed by atoms with Crippen molar-refractivity contribution < 1.29 is 14.6 Å². The van der Waals surface area contributed by atoms with Crippen molar-refractivity contribution in [2.75, 3.05) is 6.54 Å². The van der Waals surface area contributed by atoms with Crippen LogP contribution in [0.5, 0.6) is 11.5 Å². The van der Waals surface area contributed by atoms with Crippen LogP contribution in [0.2, 0.25) is 5.02 Å². The first kappa shape index (κ1) is 17.8. The molecule has 0 radical (unpaired) electrons. The molecule has 0 aromatic heterocycles. The Hall–Kier alpha value is -2.55. The molecule has 0 heterocycles. The average molecular weight is 345 g/mol. The van der Waals surface area contributed by atoms with Crippen LogP contribution in [0.3, 0.4) is 0 Å². The van der Waals surface area contributed by atoms with Gasteiger partial charge in [-0.25, -0.2) is 0 Å². The Balaban J connectivity index is 2.11. The third-order valence-electron chi connectivity index (χ3n) is 3.23. The highest BCUT2D eigenvalue weighted by molar-refractivity contribution is 6.30. The largest absolute Gasteiger partial charge is 0.456 e. The number of amides is 1. The third kappa shape index (κ3) is 4.98. The standard InChI is InChI=1S/C18H17ClN2O3/c1-12(22)7-8-21-18(23)13-3-2-4-16(10-13)24-17-6-5-15(19)9-14(17)11-20/h2-6,9-10,12,22H,7-8H2,1H3,(H,21,23). The molecular weight excluding hydrogens is 328 g/mol. The van der Waals surface area contributed by atoms with Crippen LogP contribution >= 0.6 is 11.6 Å². The zero-order valence-electron chi connectivity index (χ0n) is 13.1. The highest BCUT2D eigenvalue weighted by Gasteiger charge is 2.09. The number of carbonyl (C=O) groups is 1. The van der Waals surface area contributed by atoms with Crippen LogP contribution in [0.4, 0.5) is 0 Å². The maximum Gasteiger partial charge on any atom is 0.251 e. The lowest BCUT2D eigenvalue weighted by molar-refractivity contribution is 0.0945. The molecule has 124 valence electrons. The number of nitrogens with one attached hydrogen (secondary N) is 1. The predicted molar refractivity (Wildman–Crippen MR) is 91.3 cm³/mol. The Morgan fingerprint density at radius 2 is 2.17 bits per heavy atom. The van der Waals surface area contributed by atoms with Crippen molar-refractivity contribution in [1.82, 2.24) is 5.32 Å². The van der Waals surface area contributed by atoms with Crippen molar-refractivity contribution in [2.24, 2.45) is 0 Å². The van der Waals surface area contributed by atoms with Crippen LogP contribution in [0.25, 0.3) is 0 Å². The highest BCUT2D eigenvalue weighted by Crippen LogP contribution is 2.27. The molecule has 0 aliphatic carbocycles. The van der Waals surface area contributed by atoms with Gasteiger partial charge in [-0.15, -0.1) is 0 Å². The number of ether oxygens (including phenoxy) is 1. The molecule has 1 unspecified atom stereocenters. The predicted octanol–water partition coefficient (Wildman–Crippen LogP) is 3.50. The van der Waals surface area contributed by atoms with Crippen LogP contribution in [-0.2, 0) is 0 Å². The smallest absolute Gasteiger partial charge is 0.251 e. The van der Waals surface area contributed by atoms with Gasteiger partial charge in [-0.05, 0) is 49.7 Å². The average Bonchev–Trinajstić information content (AvgIpc) is 2.56. The number of hydrogen-bond acceptors (Lipinski definition) is 4. The summed E-state index contributed by atoms with van der Waals surface area (Å²) in [5.41, 5.74) is 0.750. The Bertz CT molecular complexity index is 769. The van der Waals surface area contributed by atoms with Crippen molar-refractivity contribution in [2.45, 2.75) is 19.4 Å². The fraction of sp³-hybridized carbons (Fsp3) is 0.222. The second-order valence-electron chi connectivity index (χ2n) is 5.28. The second-order valence-corrected chi connectivity index (χ2v) is 5.71. The fourth-order valence-electron chi connectivity index (χ4n) is 2.00. The Morgan fingerprint density at radius 1 is 1.38 bits per heavy atom. The number of halogens is 1. The molecule has 24 heavy (non-hydrogen) atoms. The van der Waals surface area contributed by atoms with E-state index in [0.717, 1.165) is 0 Å². The van der Waals surface area contributed by atoms with E-state index in [1.54, 1.807) is 43.3 Å². The zero-order chi connectivity index (χ0) is 17.5. The minimum atomic E-state index is -0.464. The Morgan fingerprint density at radius 3 is 2.88 bits per heavy atom. The molecule has 0 bridgehead atoms. The normalized spacial score (nSPS) is 11.4. The first-order chi connectivity index (χ1) is 11.5. The molecule has 2 rings (SSSR count). The van der Waals surface area contributed by atoms with Gasteiger partial charge in [-0.2, -0.15) is 5.26 Å². The first-order valence-corrected chi connectivity index (χ1v) is 7.81. The molecule has 5 nitrogen and oxygen atoms in total. The third-order valence-corrected chi connectivity index (χ3v) is 3.47. The second kappa shape index (κ2) is 8.34. The van der Waals surface area contributed by atoms with Crippen LogP contribution in [0.1, 0.15) is 29.3 Å². The topological polar surface area (TPSA) is 82.3 Å². The van der Waals surface area contributed by atoms with Gasteiger partial charge >= 0.3 is 0 Å². The lowest BCUT2D eigenvalue weighted by atomic mass is 10.2. The quantitative estimate of drug-likeness (QED) is 0.840. The Labute approximate surface area is 145 Å². The van der Waals surface area contributed by atoms with Gasteiger partial charge in [-0.3, -0.25) is 4.79 Å². The molecular formula is C18H17ClN2O3. The number of carbonyl (C=O) groups excluding carboxylic acids is 1. The summed E-state index contributed by atoms with van der Waals surface area (Å²) in [6.45, 7) is 2.05. The lowest BCUT2D eigenvalue weighted by Gasteiger charge is -2.10. The molecule has 0 fully saturated rings. The SMILES string of the molecule is CC(O)CCNC(=O)c1cccc(Oc2ccc(Cl)cc2C#N)c1. The number of hydrogen-bond donors (Lipinski definition) is 2. The monoisotopic (exact) mass is 344 g/mol. The molecule has 2 N–H and O–H groups in total. The van der Waals surface area contributed by atoms with Crippen molar-refractivity contribution in [3.8, 4) is 17.6 Å². The molecule has 0 aliphatic heterocycles. The van der Waals surface area contributed by atoms with E-state index in [0.29, 0.717) is 40.6 Å². The van der Waals surface area contributed by atoms with Crippen molar-refractivity contribution in [3.05, 3.63) is 58.6 Å². The summed E-state index contributed by atoms with van der Waals surface area (Å²) in [6.07, 6.45) is 0.0207. The minimum absolute atomic E-state index is 0.252. The summed E-state index contributed by atoms with van der Waals surface area (Å²) in [5, 5.41) is 21.5. The van der Waals surface area contributed by atoms with E-state index in [4.69, 9.17) is 21.6 Å². The van der Waals surface area contributed by atoms with E-state index >= 15 is 0 Å². The van der Waals surface area contributed by atoms with Gasteiger partial charge in [0.05, 0.1) is 11.7 Å². The molecule has 1 amide bonds. The van der Waals surface area contributed by atoms with Gasteiger partial charge in [0.1, 0.15) is 17.6 Å². The maximum atomic E-state index is 12.1. The van der Waals surface area contributed by atoms with E-state index < -0.39 is 6.10 Å². The van der Waals surface area contributed by atoms with E-state index in [1.807, 2.05) is 6.07 Å². The van der Waals surface area contributed by atoms with Gasteiger partial charge in [0.15, 0.2) is 0 Å². The van der Waals surface area contributed by atoms with Crippen molar-refractivity contribution in [3.63, 3.8) is 0 Å². The fourth-order valence-corrected chi connectivity index (χ4v) is 2.18. The van der Waals surface area contributed by atoms with Crippen LogP contribution in [0.15, 0.2) is 42.5 Å². The molecule has 0 saturated carbocycles. The first-order valence-electron chi connectivity index (χ1n) is 7.43. The number of rotatable bonds is 6. The number of aliphatic hydroxyl groups excluding tert-OH is 1. The summed E-state index contributed by atoms with van der Waals surface area (Å²) in [7, 11) is 0. The highest BCUT2D eigenvalue weighted by atomic mass is 35.5. The number of benzene rings is 2. The van der Waals surface area contributed by atoms with Crippen LogP contribution < -0.4 is 10.1 Å². The van der Waals surface area contributed by atoms with Crippen molar-refractivity contribution >= 4 is 17.5 Å². The van der Waals surface area contributed by atoms with E-state index in [9.17, 15) is 9.90 Å². The van der Waals surface area contributed by atoms with Gasteiger partial charge in [0, 0.05) is 17.1 Å². The molecule has 2 aromatic rings. The summed E-state index contributed by atoms with van der Waals surface area (Å²) in [4.78, 5) is 12.1. The number of nitriles is 1. The van der Waals surface area contributed by atoms with Gasteiger partial charge < -0.3 is 15.2 Å². The maximum absolute atomic E-state index is 12.1. The molecule has 6 heteroatoms. The molecule has 0 spiro atoms. The molecule has 1 atom stereocenters. The van der Waals surface area contributed by atoms with Crippen LogP contribution in [0, 0.1) is 11.3 Å². The van der Waals surface area contributed by atoms with E-state index in [-0.39, 0.29) is 5.91 Å². The zero-order valence-corrected chi connectivity index (χ0v) is 13.9. The van der Waals surface area contributed by atoms with E-state index in [1.165, 1.54) is 6.07 Å². The van der Waals surface area contributed by atoms with E-state index in [2.05, 4.69) is 5.32 Å². The van der Waals surface area contributed by atoms with Gasteiger partial charge in [-0.1, -0.05) is 17.7 Å². The molecule has 0 aliphatic rings. The number of nitrogens with zero attached hydrogens (tertiary/aromatic N) is 1. The molecule has 2 aromatic carbocycles. The summed E-state index contributed by atoms with van der Waals surface area (Å²) in [6, 6.07) is 13.4. The summed E-state index contributed by atoms with van der Waals surface area (Å²) in [5.74, 6) is 0.559. The minimum Gasteiger partial charge on any atom is -0.456 e. The van der Waals surface area contributed by atoms with Crippen molar-refractivity contribution in [1.29, 1.82) is 5.26 Å².